The number of aromatic amines is 1. The Labute approximate surface area is 257 Å². The SMILES string of the molecule is COCCCN1CCN(C2CCC(n3nc(-c4ccc5[nH]c(Cc6ccccc6F)cc5c4)c4c(N)ncnc43)CC2)CC1. The second-order valence-electron chi connectivity index (χ2n) is 12.3. The van der Waals surface area contributed by atoms with Crippen molar-refractivity contribution in [1.29, 1.82) is 0 Å². The number of hydrogen-bond acceptors (Lipinski definition) is 7. The number of benzene rings is 2. The van der Waals surface area contributed by atoms with E-state index in [0.717, 1.165) is 110 Å². The van der Waals surface area contributed by atoms with Gasteiger partial charge in [-0.05, 0) is 61.9 Å². The van der Waals surface area contributed by atoms with Gasteiger partial charge in [-0.1, -0.05) is 24.3 Å². The minimum absolute atomic E-state index is 0.190. The fourth-order valence-electron chi connectivity index (χ4n) is 7.19. The number of nitrogens with two attached hydrogens (primary N) is 1. The average molecular weight is 597 g/mol. The van der Waals surface area contributed by atoms with Crippen molar-refractivity contribution in [3.63, 3.8) is 0 Å². The predicted molar refractivity (Wildman–Crippen MR) is 172 cm³/mol. The molecular weight excluding hydrogens is 555 g/mol. The van der Waals surface area contributed by atoms with Crippen LogP contribution in [0.5, 0.6) is 0 Å². The third kappa shape index (κ3) is 5.81. The van der Waals surface area contributed by atoms with E-state index in [9.17, 15) is 4.39 Å². The Morgan fingerprint density at radius 1 is 0.977 bits per heavy atom. The largest absolute Gasteiger partial charge is 0.385 e. The van der Waals surface area contributed by atoms with Crippen molar-refractivity contribution < 1.29 is 9.13 Å². The van der Waals surface area contributed by atoms with Crippen LogP contribution in [0.25, 0.3) is 33.2 Å². The van der Waals surface area contributed by atoms with Crippen molar-refractivity contribution in [1.82, 2.24) is 34.5 Å². The lowest BCUT2D eigenvalue weighted by Crippen LogP contribution is -2.51. The van der Waals surface area contributed by atoms with Crippen LogP contribution in [0, 0.1) is 5.82 Å². The number of rotatable bonds is 9. The zero-order valence-electron chi connectivity index (χ0n) is 25.4. The van der Waals surface area contributed by atoms with Crippen molar-refractivity contribution in [2.45, 2.75) is 50.6 Å². The molecule has 2 aromatic carbocycles. The van der Waals surface area contributed by atoms with Gasteiger partial charge in [0.05, 0.1) is 11.4 Å². The Bertz CT molecular complexity index is 1730. The monoisotopic (exact) mass is 596 g/mol. The zero-order valence-corrected chi connectivity index (χ0v) is 25.4. The lowest BCUT2D eigenvalue weighted by Gasteiger charge is -2.42. The van der Waals surface area contributed by atoms with E-state index in [1.54, 1.807) is 19.5 Å². The van der Waals surface area contributed by atoms with Gasteiger partial charge in [-0.15, -0.1) is 0 Å². The van der Waals surface area contributed by atoms with Crippen LogP contribution in [-0.2, 0) is 11.2 Å². The van der Waals surface area contributed by atoms with E-state index in [4.69, 9.17) is 15.6 Å². The van der Waals surface area contributed by atoms with E-state index in [1.807, 2.05) is 12.1 Å². The van der Waals surface area contributed by atoms with Crippen LogP contribution in [0.1, 0.15) is 49.4 Å². The normalized spacial score (nSPS) is 20.1. The van der Waals surface area contributed by atoms with Crippen molar-refractivity contribution in [3.8, 4) is 11.3 Å². The number of nitrogens with one attached hydrogen (secondary N) is 1. The first-order valence-electron chi connectivity index (χ1n) is 15.9. The summed E-state index contributed by atoms with van der Waals surface area (Å²) in [5, 5.41) is 7.02. The Balaban J connectivity index is 1.08. The molecule has 7 rings (SSSR count). The highest BCUT2D eigenvalue weighted by Gasteiger charge is 2.31. The molecule has 0 spiro atoms. The quantitative estimate of drug-likeness (QED) is 0.219. The molecule has 9 nitrogen and oxygen atoms in total. The van der Waals surface area contributed by atoms with Gasteiger partial charge in [0.2, 0.25) is 0 Å². The number of methoxy groups -OCH3 is 1. The lowest BCUT2D eigenvalue weighted by atomic mass is 9.90. The Hall–Kier alpha value is -3.86. The summed E-state index contributed by atoms with van der Waals surface area (Å²) in [6, 6.07) is 16.2. The van der Waals surface area contributed by atoms with Crippen molar-refractivity contribution in [2.75, 3.05) is 52.2 Å². The number of anilines is 1. The standard InChI is InChI=1S/C34H41FN8O/c1-44-18-4-13-41-14-16-42(17-15-41)27-8-10-28(11-9-27)43-34-31(33(36)37-22-38-34)32(40-43)24-7-12-30-25(19-24)21-26(39-30)20-23-5-2-3-6-29(23)35/h2-3,5-7,12,19,21-22,27-28,39H,4,8-11,13-18,20H2,1H3,(H2,36,37,38). The molecule has 0 bridgehead atoms. The van der Waals surface area contributed by atoms with E-state index in [1.165, 1.54) is 6.07 Å². The van der Waals surface area contributed by atoms with Gasteiger partial charge in [0.1, 0.15) is 23.7 Å². The second kappa shape index (κ2) is 12.6. The number of ether oxygens (including phenoxy) is 1. The van der Waals surface area contributed by atoms with E-state index < -0.39 is 0 Å². The molecule has 1 saturated heterocycles. The van der Waals surface area contributed by atoms with Gasteiger partial charge >= 0.3 is 0 Å². The van der Waals surface area contributed by atoms with Crippen molar-refractivity contribution in [2.24, 2.45) is 0 Å². The van der Waals surface area contributed by atoms with E-state index >= 15 is 0 Å². The molecule has 44 heavy (non-hydrogen) atoms. The number of fused-ring (bicyclic) bond motifs is 2. The van der Waals surface area contributed by atoms with Crippen LogP contribution in [0.15, 0.2) is 54.9 Å². The summed E-state index contributed by atoms with van der Waals surface area (Å²) in [7, 11) is 1.78. The fraction of sp³-hybridized carbons (Fsp3) is 0.441. The van der Waals surface area contributed by atoms with E-state index in [0.29, 0.717) is 23.8 Å². The van der Waals surface area contributed by atoms with Gasteiger partial charge in [-0.25, -0.2) is 19.0 Å². The predicted octanol–water partition coefficient (Wildman–Crippen LogP) is 5.42. The molecule has 0 unspecified atom stereocenters. The minimum atomic E-state index is -0.190. The number of hydrogen-bond donors (Lipinski definition) is 2. The summed E-state index contributed by atoms with van der Waals surface area (Å²) in [6.45, 7) is 6.53. The van der Waals surface area contributed by atoms with Gasteiger partial charge in [0.25, 0.3) is 0 Å². The molecule has 2 aliphatic rings. The molecule has 10 heteroatoms. The molecule has 0 radical (unpaired) electrons. The third-order valence-electron chi connectivity index (χ3n) is 9.57. The number of nitrogen functional groups attached to an aromatic ring is 1. The molecule has 5 aromatic rings. The first-order valence-corrected chi connectivity index (χ1v) is 15.9. The summed E-state index contributed by atoms with van der Waals surface area (Å²) in [5.41, 5.74) is 11.7. The molecular formula is C34H41FN8O. The summed E-state index contributed by atoms with van der Waals surface area (Å²) in [5.74, 6) is 0.257. The maximum atomic E-state index is 14.3. The third-order valence-corrected chi connectivity index (χ3v) is 9.57. The number of piperazine rings is 1. The smallest absolute Gasteiger partial charge is 0.164 e. The van der Waals surface area contributed by atoms with Crippen LogP contribution in [0.2, 0.25) is 0 Å². The molecule has 2 fully saturated rings. The summed E-state index contributed by atoms with van der Waals surface area (Å²) in [6.07, 6.45) is 7.59. The highest BCUT2D eigenvalue weighted by atomic mass is 19.1. The van der Waals surface area contributed by atoms with Gasteiger partial charge in [0.15, 0.2) is 5.65 Å². The fourth-order valence-corrected chi connectivity index (χ4v) is 7.19. The van der Waals surface area contributed by atoms with Crippen LogP contribution in [-0.4, -0.2) is 87.0 Å². The molecule has 3 aromatic heterocycles. The van der Waals surface area contributed by atoms with E-state index in [-0.39, 0.29) is 11.9 Å². The average Bonchev–Trinajstić information content (AvgIpc) is 3.64. The second-order valence-corrected chi connectivity index (χ2v) is 12.3. The molecule has 4 heterocycles. The molecule has 0 amide bonds. The maximum Gasteiger partial charge on any atom is 0.164 e. The first kappa shape index (κ1) is 28.9. The number of H-pyrrole nitrogens is 1. The number of aromatic nitrogens is 5. The maximum absolute atomic E-state index is 14.3. The van der Waals surface area contributed by atoms with Crippen LogP contribution in [0.4, 0.5) is 10.2 Å². The first-order chi connectivity index (χ1) is 21.6. The Morgan fingerprint density at radius 3 is 2.57 bits per heavy atom. The van der Waals surface area contributed by atoms with Crippen molar-refractivity contribution >= 4 is 27.8 Å². The minimum Gasteiger partial charge on any atom is -0.385 e. The van der Waals surface area contributed by atoms with Gasteiger partial charge < -0.3 is 20.4 Å². The van der Waals surface area contributed by atoms with Gasteiger partial charge in [-0.3, -0.25) is 4.90 Å². The number of halogens is 1. The highest BCUT2D eigenvalue weighted by molar-refractivity contribution is 6.00. The van der Waals surface area contributed by atoms with E-state index in [2.05, 4.69) is 53.7 Å². The Morgan fingerprint density at radius 2 is 1.77 bits per heavy atom. The summed E-state index contributed by atoms with van der Waals surface area (Å²) < 4.78 is 21.6. The van der Waals surface area contributed by atoms with Crippen molar-refractivity contribution in [3.05, 3.63) is 71.9 Å². The summed E-state index contributed by atoms with van der Waals surface area (Å²) >= 11 is 0. The molecule has 1 aliphatic heterocycles. The Kier molecular flexibility index (Phi) is 8.29. The zero-order chi connectivity index (χ0) is 30.0. The highest BCUT2D eigenvalue weighted by Crippen LogP contribution is 2.38. The topological polar surface area (TPSA) is 101 Å². The molecule has 1 saturated carbocycles. The molecule has 3 N–H and O–H groups in total. The molecule has 230 valence electrons. The van der Waals surface area contributed by atoms with Crippen LogP contribution in [0.3, 0.4) is 0 Å². The van der Waals surface area contributed by atoms with Crippen LogP contribution >= 0.6 is 0 Å². The van der Waals surface area contributed by atoms with Gasteiger partial charge in [-0.2, -0.15) is 5.10 Å². The lowest BCUT2D eigenvalue weighted by molar-refractivity contribution is 0.0662. The summed E-state index contributed by atoms with van der Waals surface area (Å²) in [4.78, 5) is 17.7. The number of nitrogens with zero attached hydrogens (tertiary/aromatic N) is 6. The molecule has 1 aliphatic carbocycles. The van der Waals surface area contributed by atoms with Crippen LogP contribution < -0.4 is 5.73 Å². The van der Waals surface area contributed by atoms with Gasteiger partial charge in [0, 0.05) is 81.1 Å². The molecule has 0 atom stereocenters.